The van der Waals surface area contributed by atoms with Crippen molar-refractivity contribution in [2.45, 2.75) is 44.7 Å². The third-order valence-corrected chi connectivity index (χ3v) is 6.74. The van der Waals surface area contributed by atoms with Gasteiger partial charge >= 0.3 is 6.03 Å². The topological polar surface area (TPSA) is 85.0 Å². The zero-order valence-electron chi connectivity index (χ0n) is 18.3. The number of imide groups is 1. The molecule has 168 valence electrons. The minimum Gasteiger partial charge on any atom is -0.369 e. The number of amides is 4. The number of hydrogen-bond donors (Lipinski definition) is 2. The van der Waals surface area contributed by atoms with Crippen molar-refractivity contribution in [2.24, 2.45) is 5.92 Å². The first kappa shape index (κ1) is 21.6. The Morgan fingerprint density at radius 2 is 1.81 bits per heavy atom. The Morgan fingerprint density at radius 1 is 1.06 bits per heavy atom. The van der Waals surface area contributed by atoms with Crippen LogP contribution >= 0.6 is 0 Å². The van der Waals surface area contributed by atoms with Gasteiger partial charge in [0.05, 0.1) is 5.92 Å². The standard InChI is InChI=1S/C23H33N5O3/c1-17(29)24-18-8-9-21-20(16-18)22(30)28(23(31)25-21)11-5-10-26-12-14-27(15-13-26)19-6-3-2-4-7-19/h2-4,6-7,18,20-21H,5,8-16H2,1H3,(H,24,29)(H,25,31). The number of fused-ring (bicyclic) bond motifs is 1. The molecule has 3 aliphatic rings. The summed E-state index contributed by atoms with van der Waals surface area (Å²) in [5.74, 6) is -0.393. The first-order chi connectivity index (χ1) is 15.0. The average Bonchev–Trinajstić information content (AvgIpc) is 2.77. The molecule has 8 heteroatoms. The summed E-state index contributed by atoms with van der Waals surface area (Å²) in [5, 5.41) is 5.95. The number of para-hydroxylation sites is 1. The second-order valence-corrected chi connectivity index (χ2v) is 8.88. The van der Waals surface area contributed by atoms with Crippen LogP contribution in [-0.2, 0) is 9.59 Å². The predicted octanol–water partition coefficient (Wildman–Crippen LogP) is 1.42. The highest BCUT2D eigenvalue weighted by atomic mass is 16.2. The first-order valence-corrected chi connectivity index (χ1v) is 11.4. The van der Waals surface area contributed by atoms with Crippen LogP contribution < -0.4 is 15.5 Å². The molecule has 4 rings (SSSR count). The number of piperazine rings is 1. The van der Waals surface area contributed by atoms with E-state index in [0.717, 1.165) is 52.0 Å². The second kappa shape index (κ2) is 9.68. The molecule has 2 N–H and O–H groups in total. The highest BCUT2D eigenvalue weighted by Crippen LogP contribution is 2.30. The van der Waals surface area contributed by atoms with E-state index in [0.29, 0.717) is 13.0 Å². The number of benzene rings is 1. The molecule has 3 atom stereocenters. The number of hydrogen-bond acceptors (Lipinski definition) is 5. The fourth-order valence-corrected chi connectivity index (χ4v) is 5.10. The van der Waals surface area contributed by atoms with Gasteiger partial charge in [0, 0.05) is 57.4 Å². The Balaban J connectivity index is 1.23. The lowest BCUT2D eigenvalue weighted by Gasteiger charge is -2.42. The third-order valence-electron chi connectivity index (χ3n) is 6.74. The van der Waals surface area contributed by atoms with Crippen molar-refractivity contribution in [2.75, 3.05) is 44.2 Å². The van der Waals surface area contributed by atoms with Crippen molar-refractivity contribution in [3.8, 4) is 0 Å². The lowest BCUT2D eigenvalue weighted by Crippen LogP contribution is -2.63. The molecule has 0 spiro atoms. The van der Waals surface area contributed by atoms with E-state index in [1.54, 1.807) is 0 Å². The third kappa shape index (κ3) is 5.18. The summed E-state index contributed by atoms with van der Waals surface area (Å²) >= 11 is 0. The van der Waals surface area contributed by atoms with Crippen molar-refractivity contribution in [1.82, 2.24) is 20.4 Å². The van der Waals surface area contributed by atoms with E-state index in [1.807, 2.05) is 6.07 Å². The van der Waals surface area contributed by atoms with Gasteiger partial charge in [-0.25, -0.2) is 4.79 Å². The van der Waals surface area contributed by atoms with Crippen LogP contribution in [0.5, 0.6) is 0 Å². The number of anilines is 1. The number of nitrogens with one attached hydrogen (secondary N) is 2. The van der Waals surface area contributed by atoms with Gasteiger partial charge in [0.2, 0.25) is 11.8 Å². The van der Waals surface area contributed by atoms with Crippen LogP contribution in [0.25, 0.3) is 0 Å². The largest absolute Gasteiger partial charge is 0.369 e. The van der Waals surface area contributed by atoms with Gasteiger partial charge < -0.3 is 15.5 Å². The molecule has 2 saturated heterocycles. The summed E-state index contributed by atoms with van der Waals surface area (Å²) < 4.78 is 0. The van der Waals surface area contributed by atoms with E-state index in [1.165, 1.54) is 17.5 Å². The molecule has 3 unspecified atom stereocenters. The van der Waals surface area contributed by atoms with Crippen molar-refractivity contribution in [3.05, 3.63) is 30.3 Å². The highest BCUT2D eigenvalue weighted by molar-refractivity contribution is 5.98. The van der Waals surface area contributed by atoms with Crippen LogP contribution in [0.2, 0.25) is 0 Å². The van der Waals surface area contributed by atoms with Crippen LogP contribution in [0, 0.1) is 5.92 Å². The zero-order valence-corrected chi connectivity index (χ0v) is 18.3. The van der Waals surface area contributed by atoms with Gasteiger partial charge in [-0.1, -0.05) is 18.2 Å². The Bertz CT molecular complexity index is 794. The van der Waals surface area contributed by atoms with Gasteiger partial charge in [-0.3, -0.25) is 19.4 Å². The van der Waals surface area contributed by atoms with Crippen LogP contribution in [-0.4, -0.2) is 79.0 Å². The van der Waals surface area contributed by atoms with Crippen molar-refractivity contribution in [3.63, 3.8) is 0 Å². The fourth-order valence-electron chi connectivity index (χ4n) is 5.10. The summed E-state index contributed by atoms with van der Waals surface area (Å²) in [6, 6.07) is 10.1. The van der Waals surface area contributed by atoms with Gasteiger partial charge in [0.15, 0.2) is 0 Å². The van der Waals surface area contributed by atoms with Crippen molar-refractivity contribution >= 4 is 23.5 Å². The lowest BCUT2D eigenvalue weighted by atomic mass is 9.79. The smallest absolute Gasteiger partial charge is 0.324 e. The summed E-state index contributed by atoms with van der Waals surface area (Å²) in [4.78, 5) is 43.1. The Labute approximate surface area is 183 Å². The van der Waals surface area contributed by atoms with E-state index < -0.39 is 0 Å². The maximum absolute atomic E-state index is 13.0. The predicted molar refractivity (Wildman–Crippen MR) is 119 cm³/mol. The zero-order chi connectivity index (χ0) is 21.8. The van der Waals surface area contributed by atoms with Crippen molar-refractivity contribution < 1.29 is 14.4 Å². The summed E-state index contributed by atoms with van der Waals surface area (Å²) in [5.41, 5.74) is 1.26. The van der Waals surface area contributed by atoms with Gasteiger partial charge in [-0.2, -0.15) is 0 Å². The fraction of sp³-hybridized carbons (Fsp3) is 0.609. The van der Waals surface area contributed by atoms with E-state index in [-0.39, 0.29) is 35.8 Å². The number of urea groups is 1. The molecule has 1 aliphatic carbocycles. The second-order valence-electron chi connectivity index (χ2n) is 8.88. The molecule has 1 saturated carbocycles. The monoisotopic (exact) mass is 427 g/mol. The summed E-state index contributed by atoms with van der Waals surface area (Å²) in [7, 11) is 0. The van der Waals surface area contributed by atoms with E-state index in [2.05, 4.69) is 44.7 Å². The molecule has 0 radical (unpaired) electrons. The molecule has 2 heterocycles. The number of carbonyl (C=O) groups is 3. The Kier molecular flexibility index (Phi) is 6.75. The van der Waals surface area contributed by atoms with Crippen LogP contribution in [0.4, 0.5) is 10.5 Å². The molecule has 4 amide bonds. The summed E-state index contributed by atoms with van der Waals surface area (Å²) in [6.07, 6.45) is 2.90. The van der Waals surface area contributed by atoms with E-state index in [4.69, 9.17) is 0 Å². The van der Waals surface area contributed by atoms with Gasteiger partial charge in [-0.15, -0.1) is 0 Å². The van der Waals surface area contributed by atoms with Crippen LogP contribution in [0.15, 0.2) is 30.3 Å². The summed E-state index contributed by atoms with van der Waals surface area (Å²) in [6.45, 7) is 6.77. The number of rotatable bonds is 6. The Hall–Kier alpha value is -2.61. The first-order valence-electron chi connectivity index (χ1n) is 11.4. The molecular formula is C23H33N5O3. The van der Waals surface area contributed by atoms with E-state index in [9.17, 15) is 14.4 Å². The Morgan fingerprint density at radius 3 is 2.52 bits per heavy atom. The molecule has 0 aromatic heterocycles. The highest BCUT2D eigenvalue weighted by Gasteiger charge is 2.44. The minimum absolute atomic E-state index is 0.0143. The molecule has 3 fully saturated rings. The van der Waals surface area contributed by atoms with Gasteiger partial charge in [-0.05, 0) is 44.4 Å². The molecule has 1 aromatic rings. The van der Waals surface area contributed by atoms with Crippen LogP contribution in [0.1, 0.15) is 32.6 Å². The number of nitrogens with zero attached hydrogens (tertiary/aromatic N) is 3. The molecule has 2 aliphatic heterocycles. The maximum atomic E-state index is 13.0. The molecular weight excluding hydrogens is 394 g/mol. The van der Waals surface area contributed by atoms with Gasteiger partial charge in [0.1, 0.15) is 0 Å². The van der Waals surface area contributed by atoms with Crippen molar-refractivity contribution in [1.29, 1.82) is 0 Å². The molecule has 1 aromatic carbocycles. The SMILES string of the molecule is CC(=O)NC1CCC2NC(=O)N(CCCN3CCN(c4ccccc4)CC3)C(=O)C2C1. The number of carbonyl (C=O) groups excluding carboxylic acids is 3. The maximum Gasteiger partial charge on any atom is 0.324 e. The molecule has 31 heavy (non-hydrogen) atoms. The van der Waals surface area contributed by atoms with Crippen LogP contribution in [0.3, 0.4) is 0 Å². The quantitative estimate of drug-likeness (QED) is 0.717. The van der Waals surface area contributed by atoms with E-state index >= 15 is 0 Å². The normalized spacial score (nSPS) is 26.9. The lowest BCUT2D eigenvalue weighted by molar-refractivity contribution is -0.137. The molecule has 8 nitrogen and oxygen atoms in total. The molecule has 0 bridgehead atoms. The average molecular weight is 428 g/mol. The minimum atomic E-state index is -0.266. The van der Waals surface area contributed by atoms with Gasteiger partial charge in [0.25, 0.3) is 0 Å².